The molecule has 0 aromatic rings. The summed E-state index contributed by atoms with van der Waals surface area (Å²) in [4.78, 5) is 2.50. The number of nitrogens with zero attached hydrogens (tertiary/aromatic N) is 1. The number of piperidine rings is 1. The molecule has 1 heterocycles. The van der Waals surface area contributed by atoms with Crippen molar-refractivity contribution >= 4 is 0 Å². The average molecular weight is 213 g/mol. The van der Waals surface area contributed by atoms with Gasteiger partial charge in [-0.3, -0.25) is 0 Å². The Hall–Kier alpha value is -0.0800. The minimum Gasteiger partial charge on any atom is -0.396 e. The van der Waals surface area contributed by atoms with Gasteiger partial charge in [0.05, 0.1) is 0 Å². The van der Waals surface area contributed by atoms with Crippen LogP contribution >= 0.6 is 0 Å². The first kappa shape index (κ1) is 13.0. The van der Waals surface area contributed by atoms with Gasteiger partial charge in [-0.05, 0) is 43.2 Å². The summed E-state index contributed by atoms with van der Waals surface area (Å²) in [5.41, 5.74) is 0.467. The Morgan fingerprint density at radius 1 is 1.27 bits per heavy atom. The molecule has 0 unspecified atom stereocenters. The van der Waals surface area contributed by atoms with Gasteiger partial charge in [-0.15, -0.1) is 0 Å². The Balaban J connectivity index is 2.30. The first-order valence-corrected chi connectivity index (χ1v) is 6.26. The molecule has 0 aromatic carbocycles. The van der Waals surface area contributed by atoms with Crippen molar-refractivity contribution in [2.24, 2.45) is 17.3 Å². The van der Waals surface area contributed by atoms with Crippen LogP contribution in [-0.4, -0.2) is 36.2 Å². The Labute approximate surface area is 94.7 Å². The van der Waals surface area contributed by atoms with Crippen molar-refractivity contribution in [3.8, 4) is 0 Å². The van der Waals surface area contributed by atoms with Crippen molar-refractivity contribution in [1.82, 2.24) is 4.90 Å². The molecule has 0 amide bonds. The normalized spacial score (nSPS) is 23.0. The van der Waals surface area contributed by atoms with Gasteiger partial charge in [0, 0.05) is 13.2 Å². The molecule has 1 aliphatic rings. The first-order chi connectivity index (χ1) is 6.93. The zero-order valence-corrected chi connectivity index (χ0v) is 10.8. The number of rotatable bonds is 3. The van der Waals surface area contributed by atoms with Crippen LogP contribution in [0.1, 0.15) is 40.5 Å². The Bertz CT molecular complexity index is 177. The minimum absolute atomic E-state index is 0.319. The molecule has 1 aliphatic heterocycles. The predicted octanol–water partition coefficient (Wildman–Crippen LogP) is 2.37. The predicted molar refractivity (Wildman–Crippen MR) is 64.9 cm³/mol. The molecule has 1 fully saturated rings. The topological polar surface area (TPSA) is 23.5 Å². The standard InChI is InChI=1S/C13H27NO/c1-11(10-15)9-14-7-5-12(6-8-14)13(2,3)4/h11-12,15H,5-10H2,1-4H3/t11-/m1/s1. The van der Waals surface area contributed by atoms with E-state index in [0.29, 0.717) is 17.9 Å². The van der Waals surface area contributed by atoms with Crippen LogP contribution in [0, 0.1) is 17.3 Å². The van der Waals surface area contributed by atoms with Crippen molar-refractivity contribution in [2.45, 2.75) is 40.5 Å². The Morgan fingerprint density at radius 2 is 1.80 bits per heavy atom. The molecule has 15 heavy (non-hydrogen) atoms. The van der Waals surface area contributed by atoms with E-state index >= 15 is 0 Å². The number of aliphatic hydroxyl groups excluding tert-OH is 1. The van der Waals surface area contributed by atoms with Crippen LogP contribution in [0.4, 0.5) is 0 Å². The van der Waals surface area contributed by atoms with Gasteiger partial charge in [-0.2, -0.15) is 0 Å². The molecule has 0 aromatic heterocycles. The molecule has 2 nitrogen and oxygen atoms in total. The van der Waals surface area contributed by atoms with E-state index in [2.05, 4.69) is 32.6 Å². The van der Waals surface area contributed by atoms with Crippen molar-refractivity contribution in [1.29, 1.82) is 0 Å². The maximum Gasteiger partial charge on any atom is 0.0468 e. The quantitative estimate of drug-likeness (QED) is 0.778. The summed E-state index contributed by atoms with van der Waals surface area (Å²) in [6, 6.07) is 0. The molecular weight excluding hydrogens is 186 g/mol. The van der Waals surface area contributed by atoms with Crippen LogP contribution in [-0.2, 0) is 0 Å². The summed E-state index contributed by atoms with van der Waals surface area (Å²) in [6.07, 6.45) is 2.64. The molecule has 0 aliphatic carbocycles. The minimum atomic E-state index is 0.319. The zero-order valence-electron chi connectivity index (χ0n) is 10.8. The highest BCUT2D eigenvalue weighted by Gasteiger charge is 2.28. The van der Waals surface area contributed by atoms with E-state index in [4.69, 9.17) is 5.11 Å². The zero-order chi connectivity index (χ0) is 11.5. The van der Waals surface area contributed by atoms with E-state index in [1.54, 1.807) is 0 Å². The summed E-state index contributed by atoms with van der Waals surface area (Å²) in [5.74, 6) is 1.30. The summed E-state index contributed by atoms with van der Waals surface area (Å²) in [5, 5.41) is 9.02. The first-order valence-electron chi connectivity index (χ1n) is 6.26. The summed E-state index contributed by atoms with van der Waals surface area (Å²) in [6.45, 7) is 13.0. The number of hydrogen-bond donors (Lipinski definition) is 1. The van der Waals surface area contributed by atoms with Crippen LogP contribution in [0.25, 0.3) is 0 Å². The monoisotopic (exact) mass is 213 g/mol. The van der Waals surface area contributed by atoms with Crippen LogP contribution in [0.2, 0.25) is 0 Å². The van der Waals surface area contributed by atoms with Gasteiger partial charge in [0.2, 0.25) is 0 Å². The highest BCUT2D eigenvalue weighted by atomic mass is 16.3. The summed E-state index contributed by atoms with van der Waals surface area (Å²) in [7, 11) is 0. The van der Waals surface area contributed by atoms with Gasteiger partial charge in [0.15, 0.2) is 0 Å². The molecule has 0 saturated carbocycles. The lowest BCUT2D eigenvalue weighted by Crippen LogP contribution is -2.40. The molecule has 1 atom stereocenters. The third kappa shape index (κ3) is 4.12. The SMILES string of the molecule is C[C@@H](CO)CN1CCC(C(C)(C)C)CC1. The van der Waals surface area contributed by atoms with Gasteiger partial charge < -0.3 is 10.0 Å². The Morgan fingerprint density at radius 3 is 2.20 bits per heavy atom. The molecule has 1 saturated heterocycles. The van der Waals surface area contributed by atoms with E-state index in [1.165, 1.54) is 25.9 Å². The molecule has 2 heteroatoms. The lowest BCUT2D eigenvalue weighted by Gasteiger charge is -2.39. The second kappa shape index (κ2) is 5.31. The van der Waals surface area contributed by atoms with Crippen LogP contribution in [0.3, 0.4) is 0 Å². The van der Waals surface area contributed by atoms with Gasteiger partial charge in [-0.25, -0.2) is 0 Å². The van der Waals surface area contributed by atoms with E-state index in [-0.39, 0.29) is 0 Å². The van der Waals surface area contributed by atoms with Gasteiger partial charge in [-0.1, -0.05) is 27.7 Å². The van der Waals surface area contributed by atoms with Crippen molar-refractivity contribution < 1.29 is 5.11 Å². The molecule has 1 rings (SSSR count). The van der Waals surface area contributed by atoms with Gasteiger partial charge in [0.25, 0.3) is 0 Å². The molecule has 0 bridgehead atoms. The van der Waals surface area contributed by atoms with E-state index < -0.39 is 0 Å². The van der Waals surface area contributed by atoms with Crippen molar-refractivity contribution in [2.75, 3.05) is 26.2 Å². The average Bonchev–Trinajstić information content (AvgIpc) is 2.17. The third-order valence-corrected chi connectivity index (χ3v) is 3.69. The van der Waals surface area contributed by atoms with Gasteiger partial charge >= 0.3 is 0 Å². The van der Waals surface area contributed by atoms with E-state index in [0.717, 1.165) is 12.5 Å². The second-order valence-corrected chi connectivity index (χ2v) is 6.23. The number of likely N-dealkylation sites (tertiary alicyclic amines) is 1. The van der Waals surface area contributed by atoms with Crippen molar-refractivity contribution in [3.05, 3.63) is 0 Å². The molecule has 0 spiro atoms. The van der Waals surface area contributed by atoms with Crippen LogP contribution in [0.15, 0.2) is 0 Å². The van der Waals surface area contributed by atoms with Crippen molar-refractivity contribution in [3.63, 3.8) is 0 Å². The largest absolute Gasteiger partial charge is 0.396 e. The molecule has 90 valence electrons. The fourth-order valence-corrected chi connectivity index (χ4v) is 2.48. The van der Waals surface area contributed by atoms with E-state index in [1.807, 2.05) is 0 Å². The van der Waals surface area contributed by atoms with Crippen LogP contribution in [0.5, 0.6) is 0 Å². The molecule has 1 N–H and O–H groups in total. The Kier molecular flexibility index (Phi) is 4.60. The fourth-order valence-electron chi connectivity index (χ4n) is 2.48. The maximum absolute atomic E-state index is 9.02. The summed E-state index contributed by atoms with van der Waals surface area (Å²) < 4.78 is 0. The molecule has 0 radical (unpaired) electrons. The lowest BCUT2D eigenvalue weighted by molar-refractivity contribution is 0.0920. The lowest BCUT2D eigenvalue weighted by atomic mass is 9.75. The second-order valence-electron chi connectivity index (χ2n) is 6.23. The highest BCUT2D eigenvalue weighted by Crippen LogP contribution is 2.34. The number of aliphatic hydroxyl groups is 1. The highest BCUT2D eigenvalue weighted by molar-refractivity contribution is 4.81. The smallest absolute Gasteiger partial charge is 0.0468 e. The summed E-state index contributed by atoms with van der Waals surface area (Å²) >= 11 is 0. The van der Waals surface area contributed by atoms with Gasteiger partial charge in [0.1, 0.15) is 0 Å². The third-order valence-electron chi connectivity index (χ3n) is 3.69. The maximum atomic E-state index is 9.02. The van der Waals surface area contributed by atoms with Crippen LogP contribution < -0.4 is 0 Å². The number of hydrogen-bond acceptors (Lipinski definition) is 2. The molecular formula is C13H27NO. The fraction of sp³-hybridized carbons (Fsp3) is 1.00. The van der Waals surface area contributed by atoms with E-state index in [9.17, 15) is 0 Å².